The molecule has 3 aromatic rings. The Morgan fingerprint density at radius 3 is 2.52 bits per heavy atom. The maximum Gasteiger partial charge on any atom is 0.136 e. The van der Waals surface area contributed by atoms with Gasteiger partial charge < -0.3 is 9.84 Å². The third-order valence-electron chi connectivity index (χ3n) is 4.71. The number of aromatic nitrogens is 3. The first kappa shape index (κ1) is 16.1. The molecule has 4 rings (SSSR count). The number of ether oxygens (including phenoxy) is 1. The van der Waals surface area contributed by atoms with E-state index in [4.69, 9.17) is 4.74 Å². The smallest absolute Gasteiger partial charge is 0.136 e. The molecule has 1 saturated heterocycles. The van der Waals surface area contributed by atoms with E-state index in [0.717, 1.165) is 5.52 Å². The van der Waals surface area contributed by atoms with Crippen LogP contribution >= 0.6 is 0 Å². The minimum Gasteiger partial charge on any atom is -0.385 e. The molecule has 0 aliphatic carbocycles. The summed E-state index contributed by atoms with van der Waals surface area (Å²) in [5, 5.41) is 14.9. The minimum absolute atomic E-state index is 0.175. The number of halogens is 2. The van der Waals surface area contributed by atoms with Gasteiger partial charge in [0.2, 0.25) is 0 Å². The van der Waals surface area contributed by atoms with E-state index in [2.05, 4.69) is 10.1 Å². The number of rotatable bonds is 2. The summed E-state index contributed by atoms with van der Waals surface area (Å²) in [5.41, 5.74) is -0.329. The van der Waals surface area contributed by atoms with Crippen molar-refractivity contribution in [3.05, 3.63) is 53.5 Å². The quantitative estimate of drug-likeness (QED) is 0.776. The first-order valence-corrected chi connectivity index (χ1v) is 8.09. The van der Waals surface area contributed by atoms with Crippen molar-refractivity contribution in [2.24, 2.45) is 0 Å². The van der Waals surface area contributed by atoms with E-state index in [1.165, 1.54) is 16.6 Å². The summed E-state index contributed by atoms with van der Waals surface area (Å²) in [6.07, 6.45) is 2.26. The highest BCUT2D eigenvalue weighted by molar-refractivity contribution is 5.63. The van der Waals surface area contributed by atoms with Gasteiger partial charge in [0.05, 0.1) is 28.6 Å². The van der Waals surface area contributed by atoms with Gasteiger partial charge in [0.25, 0.3) is 0 Å². The molecule has 2 aromatic heterocycles. The minimum atomic E-state index is -1.27. The monoisotopic (exact) mass is 345 g/mol. The van der Waals surface area contributed by atoms with Gasteiger partial charge >= 0.3 is 0 Å². The molecule has 5 nitrogen and oxygen atoms in total. The van der Waals surface area contributed by atoms with E-state index in [-0.39, 0.29) is 16.8 Å². The molecule has 1 aliphatic heterocycles. The maximum atomic E-state index is 14.7. The molecule has 25 heavy (non-hydrogen) atoms. The Bertz CT molecular complexity index is 926. The average molecular weight is 345 g/mol. The van der Waals surface area contributed by atoms with Crippen LogP contribution in [0.3, 0.4) is 0 Å². The van der Waals surface area contributed by atoms with Gasteiger partial charge in [-0.1, -0.05) is 0 Å². The SMILES string of the molecule is Cc1ncc2ccc(-c3c(F)cc(C4(O)CCOCC4)cc3F)nn12. The predicted molar refractivity (Wildman–Crippen MR) is 87.0 cm³/mol. The Labute approximate surface area is 142 Å². The van der Waals surface area contributed by atoms with Crippen LogP contribution in [0.4, 0.5) is 8.78 Å². The van der Waals surface area contributed by atoms with Crippen molar-refractivity contribution in [1.29, 1.82) is 0 Å². The second kappa shape index (κ2) is 5.86. The third kappa shape index (κ3) is 2.69. The van der Waals surface area contributed by atoms with Gasteiger partial charge in [0, 0.05) is 26.1 Å². The summed E-state index contributed by atoms with van der Waals surface area (Å²) in [6.45, 7) is 2.49. The number of aliphatic hydroxyl groups is 1. The van der Waals surface area contributed by atoms with E-state index in [1.54, 1.807) is 25.3 Å². The second-order valence-electron chi connectivity index (χ2n) is 6.32. The number of imidazole rings is 1. The lowest BCUT2D eigenvalue weighted by atomic mass is 9.85. The van der Waals surface area contributed by atoms with Crippen molar-refractivity contribution in [2.75, 3.05) is 13.2 Å². The molecule has 0 atom stereocenters. The van der Waals surface area contributed by atoms with Gasteiger partial charge in [0.1, 0.15) is 17.5 Å². The number of nitrogens with zero attached hydrogens (tertiary/aromatic N) is 3. The van der Waals surface area contributed by atoms with Crippen molar-refractivity contribution in [3.63, 3.8) is 0 Å². The normalized spacial score (nSPS) is 17.1. The maximum absolute atomic E-state index is 14.7. The molecule has 0 amide bonds. The molecule has 0 unspecified atom stereocenters. The summed E-state index contributed by atoms with van der Waals surface area (Å²) in [4.78, 5) is 4.13. The van der Waals surface area contributed by atoms with E-state index in [1.807, 2.05) is 0 Å². The fraction of sp³-hybridized carbons (Fsp3) is 0.333. The number of fused-ring (bicyclic) bond motifs is 1. The first-order valence-electron chi connectivity index (χ1n) is 8.09. The van der Waals surface area contributed by atoms with Crippen LogP contribution in [0.1, 0.15) is 24.2 Å². The molecule has 0 radical (unpaired) electrons. The first-order chi connectivity index (χ1) is 12.0. The van der Waals surface area contributed by atoms with Crippen molar-refractivity contribution in [2.45, 2.75) is 25.4 Å². The Kier molecular flexibility index (Phi) is 3.77. The van der Waals surface area contributed by atoms with Crippen molar-refractivity contribution >= 4 is 5.52 Å². The van der Waals surface area contributed by atoms with Crippen molar-refractivity contribution in [1.82, 2.24) is 14.6 Å². The van der Waals surface area contributed by atoms with Gasteiger partial charge in [-0.3, -0.25) is 0 Å². The molecule has 0 bridgehead atoms. The van der Waals surface area contributed by atoms with Crippen LogP contribution in [-0.2, 0) is 10.3 Å². The Morgan fingerprint density at radius 1 is 1.16 bits per heavy atom. The van der Waals surface area contributed by atoms with Gasteiger partial charge in [-0.2, -0.15) is 5.10 Å². The number of hydrogen-bond donors (Lipinski definition) is 1. The standard InChI is InChI=1S/C18H17F2N3O2/c1-11-21-10-13-2-3-16(22-23(11)13)17-14(19)8-12(9-15(17)20)18(24)4-6-25-7-5-18/h2-3,8-10,24H,4-7H2,1H3. The second-order valence-corrected chi connectivity index (χ2v) is 6.32. The van der Waals surface area contributed by atoms with Crippen LogP contribution in [0.2, 0.25) is 0 Å². The summed E-state index contributed by atoms with van der Waals surface area (Å²) in [7, 11) is 0. The van der Waals surface area contributed by atoms with Crippen LogP contribution in [0, 0.1) is 18.6 Å². The molecule has 0 spiro atoms. The highest BCUT2D eigenvalue weighted by Crippen LogP contribution is 2.35. The Hall–Kier alpha value is -2.38. The van der Waals surface area contributed by atoms with Crippen LogP contribution in [-0.4, -0.2) is 32.9 Å². The van der Waals surface area contributed by atoms with E-state index < -0.39 is 17.2 Å². The van der Waals surface area contributed by atoms with Crippen LogP contribution < -0.4 is 0 Å². The lowest BCUT2D eigenvalue weighted by Crippen LogP contribution is -2.33. The Balaban J connectivity index is 1.80. The molecule has 130 valence electrons. The van der Waals surface area contributed by atoms with Crippen LogP contribution in [0.5, 0.6) is 0 Å². The lowest BCUT2D eigenvalue weighted by Gasteiger charge is -2.32. The van der Waals surface area contributed by atoms with Crippen LogP contribution in [0.15, 0.2) is 30.5 Å². The fourth-order valence-electron chi connectivity index (χ4n) is 3.22. The molecule has 1 fully saturated rings. The third-order valence-corrected chi connectivity index (χ3v) is 4.71. The van der Waals surface area contributed by atoms with E-state index >= 15 is 0 Å². The fourth-order valence-corrected chi connectivity index (χ4v) is 3.22. The zero-order valence-electron chi connectivity index (χ0n) is 13.7. The lowest BCUT2D eigenvalue weighted by molar-refractivity contribution is -0.0682. The Morgan fingerprint density at radius 2 is 1.84 bits per heavy atom. The van der Waals surface area contributed by atoms with Crippen molar-refractivity contribution in [3.8, 4) is 11.3 Å². The highest BCUT2D eigenvalue weighted by Gasteiger charge is 2.33. The molecule has 1 aromatic carbocycles. The largest absolute Gasteiger partial charge is 0.385 e. The molecule has 3 heterocycles. The average Bonchev–Trinajstić information content (AvgIpc) is 2.96. The zero-order valence-corrected chi connectivity index (χ0v) is 13.7. The summed E-state index contributed by atoms with van der Waals surface area (Å²) in [6, 6.07) is 5.65. The van der Waals surface area contributed by atoms with Crippen LogP contribution in [0.25, 0.3) is 16.8 Å². The number of hydrogen-bond acceptors (Lipinski definition) is 4. The molecule has 0 saturated carbocycles. The summed E-state index contributed by atoms with van der Waals surface area (Å²) < 4.78 is 36.2. The van der Waals surface area contributed by atoms with Gasteiger partial charge in [-0.05, 0) is 36.8 Å². The highest BCUT2D eigenvalue weighted by atomic mass is 19.1. The molecule has 7 heteroatoms. The van der Waals surface area contributed by atoms with E-state index in [0.29, 0.717) is 31.9 Å². The summed E-state index contributed by atoms with van der Waals surface area (Å²) in [5.74, 6) is -0.870. The molecular weight excluding hydrogens is 328 g/mol. The van der Waals surface area contributed by atoms with Gasteiger partial charge in [0.15, 0.2) is 0 Å². The molecule has 1 aliphatic rings. The molecule has 1 N–H and O–H groups in total. The summed E-state index contributed by atoms with van der Waals surface area (Å²) >= 11 is 0. The van der Waals surface area contributed by atoms with Gasteiger partial charge in [-0.25, -0.2) is 18.3 Å². The van der Waals surface area contributed by atoms with Crippen molar-refractivity contribution < 1.29 is 18.6 Å². The van der Waals surface area contributed by atoms with E-state index in [9.17, 15) is 13.9 Å². The predicted octanol–water partition coefficient (Wildman–Crippen LogP) is 2.98. The zero-order chi connectivity index (χ0) is 17.6. The number of aryl methyl sites for hydroxylation is 1. The topological polar surface area (TPSA) is 59.7 Å². The number of benzene rings is 1. The van der Waals surface area contributed by atoms with Gasteiger partial charge in [-0.15, -0.1) is 0 Å². The molecular formula is C18H17F2N3O2.